The lowest BCUT2D eigenvalue weighted by Gasteiger charge is -2.26. The van der Waals surface area contributed by atoms with Crippen molar-refractivity contribution in [3.63, 3.8) is 0 Å². The number of furan rings is 1. The number of hydrogen-bond donors (Lipinski definition) is 1. The maximum absolute atomic E-state index is 11.9. The molecule has 1 unspecified atom stereocenters. The first-order valence-electron chi connectivity index (χ1n) is 10.3. The van der Waals surface area contributed by atoms with Gasteiger partial charge in [-0.2, -0.15) is 0 Å². The number of carbonyl (C=O) groups is 1. The molecular formula is C22H29N3O4S. The van der Waals surface area contributed by atoms with Crippen LogP contribution in [0.1, 0.15) is 30.6 Å². The Labute approximate surface area is 180 Å². The molecular weight excluding hydrogens is 402 g/mol. The highest BCUT2D eigenvalue weighted by molar-refractivity contribution is 7.84. The first-order valence-corrected chi connectivity index (χ1v) is 11.8. The number of piperidine rings is 1. The number of hydrogen-bond acceptors (Lipinski definition) is 6. The van der Waals surface area contributed by atoms with Gasteiger partial charge in [0.25, 0.3) is 0 Å². The summed E-state index contributed by atoms with van der Waals surface area (Å²) in [5.41, 5.74) is 1.21. The summed E-state index contributed by atoms with van der Waals surface area (Å²) < 4.78 is 22.7. The molecule has 0 bridgehead atoms. The highest BCUT2D eigenvalue weighted by atomic mass is 32.2. The van der Waals surface area contributed by atoms with E-state index in [1.165, 1.54) is 31.1 Å². The van der Waals surface area contributed by atoms with Gasteiger partial charge in [0.15, 0.2) is 0 Å². The van der Waals surface area contributed by atoms with Crippen LogP contribution in [0.15, 0.2) is 53.3 Å². The van der Waals surface area contributed by atoms with Crippen molar-refractivity contribution in [3.8, 4) is 5.88 Å². The minimum Gasteiger partial charge on any atom is -0.473 e. The smallest absolute Gasteiger partial charge is 0.232 e. The minimum absolute atomic E-state index is 0.0429. The molecule has 7 nitrogen and oxygen atoms in total. The number of nitrogens with zero attached hydrogens (tertiary/aromatic N) is 2. The SMILES string of the molecule is O=C(CS(=O)Cc1ccco1)NC/C=C/COc1cc(CN2CCCCC2)ccn1. The average Bonchev–Trinajstić information content (AvgIpc) is 3.24. The summed E-state index contributed by atoms with van der Waals surface area (Å²) in [5, 5.41) is 2.72. The van der Waals surface area contributed by atoms with Crippen LogP contribution in [0.25, 0.3) is 0 Å². The predicted octanol–water partition coefficient (Wildman–Crippen LogP) is 2.66. The molecule has 1 aliphatic rings. The molecule has 0 aromatic carbocycles. The average molecular weight is 432 g/mol. The number of amides is 1. The van der Waals surface area contributed by atoms with E-state index in [9.17, 15) is 9.00 Å². The molecule has 1 amide bonds. The zero-order valence-electron chi connectivity index (χ0n) is 17.1. The summed E-state index contributed by atoms with van der Waals surface area (Å²) in [6.45, 7) is 3.98. The number of nitrogens with one attached hydrogen (secondary N) is 1. The van der Waals surface area contributed by atoms with Gasteiger partial charge < -0.3 is 14.5 Å². The molecule has 0 saturated carbocycles. The molecule has 0 aliphatic carbocycles. The Bertz CT molecular complexity index is 833. The van der Waals surface area contributed by atoms with E-state index in [2.05, 4.69) is 15.2 Å². The molecule has 162 valence electrons. The number of aromatic nitrogens is 1. The maximum atomic E-state index is 11.9. The fraction of sp³-hybridized carbons (Fsp3) is 0.455. The topological polar surface area (TPSA) is 84.7 Å². The Morgan fingerprint density at radius 3 is 2.93 bits per heavy atom. The van der Waals surface area contributed by atoms with Gasteiger partial charge in [0.05, 0.1) is 12.0 Å². The van der Waals surface area contributed by atoms with Crippen molar-refractivity contribution in [2.24, 2.45) is 0 Å². The predicted molar refractivity (Wildman–Crippen MR) is 116 cm³/mol. The van der Waals surface area contributed by atoms with Gasteiger partial charge >= 0.3 is 0 Å². The number of likely N-dealkylation sites (tertiary alicyclic amines) is 1. The summed E-state index contributed by atoms with van der Waals surface area (Å²) in [7, 11) is -1.28. The van der Waals surface area contributed by atoms with Gasteiger partial charge in [0.1, 0.15) is 18.1 Å². The summed E-state index contributed by atoms with van der Waals surface area (Å²) in [6.07, 6.45) is 10.8. The molecule has 0 radical (unpaired) electrons. The second kappa shape index (κ2) is 12.3. The minimum atomic E-state index is -1.28. The fourth-order valence-electron chi connectivity index (χ4n) is 3.26. The Hall–Kier alpha value is -2.45. The van der Waals surface area contributed by atoms with Crippen LogP contribution in [0.3, 0.4) is 0 Å². The van der Waals surface area contributed by atoms with E-state index >= 15 is 0 Å². The van der Waals surface area contributed by atoms with E-state index in [1.54, 1.807) is 18.3 Å². The van der Waals surface area contributed by atoms with Crippen LogP contribution in [0.4, 0.5) is 0 Å². The second-order valence-corrected chi connectivity index (χ2v) is 8.69. The third kappa shape index (κ3) is 8.12. The largest absolute Gasteiger partial charge is 0.473 e. The van der Waals surface area contributed by atoms with Crippen LogP contribution in [0.2, 0.25) is 0 Å². The van der Waals surface area contributed by atoms with Gasteiger partial charge in [-0.3, -0.25) is 13.9 Å². The highest BCUT2D eigenvalue weighted by Crippen LogP contribution is 2.15. The van der Waals surface area contributed by atoms with Crippen LogP contribution in [0.5, 0.6) is 5.88 Å². The molecule has 1 N–H and O–H groups in total. The summed E-state index contributed by atoms with van der Waals surface area (Å²) in [6, 6.07) is 7.50. The van der Waals surface area contributed by atoms with Crippen molar-refractivity contribution in [1.82, 2.24) is 15.2 Å². The molecule has 8 heteroatoms. The third-order valence-corrected chi connectivity index (χ3v) is 5.93. The van der Waals surface area contributed by atoms with Crippen molar-refractivity contribution in [2.75, 3.05) is 32.0 Å². The molecule has 3 rings (SSSR count). The zero-order valence-corrected chi connectivity index (χ0v) is 17.9. The van der Waals surface area contributed by atoms with Crippen LogP contribution in [-0.2, 0) is 27.9 Å². The lowest BCUT2D eigenvalue weighted by molar-refractivity contribution is -0.118. The molecule has 2 aromatic rings. The van der Waals surface area contributed by atoms with E-state index in [4.69, 9.17) is 9.15 Å². The summed E-state index contributed by atoms with van der Waals surface area (Å²) in [4.78, 5) is 18.5. The lowest BCUT2D eigenvalue weighted by Crippen LogP contribution is -2.29. The van der Waals surface area contributed by atoms with Gasteiger partial charge in [0.2, 0.25) is 11.8 Å². The molecule has 0 spiro atoms. The number of rotatable bonds is 11. The first-order chi connectivity index (χ1) is 14.7. The molecule has 1 saturated heterocycles. The normalized spacial score (nSPS) is 15.9. The Balaban J connectivity index is 1.30. The van der Waals surface area contributed by atoms with Crippen molar-refractivity contribution in [1.29, 1.82) is 0 Å². The molecule has 3 heterocycles. The number of carbonyl (C=O) groups excluding carboxylic acids is 1. The van der Waals surface area contributed by atoms with E-state index in [1.807, 2.05) is 24.3 Å². The van der Waals surface area contributed by atoms with Crippen molar-refractivity contribution >= 4 is 16.7 Å². The lowest BCUT2D eigenvalue weighted by atomic mass is 10.1. The monoisotopic (exact) mass is 431 g/mol. The second-order valence-electron chi connectivity index (χ2n) is 7.23. The third-order valence-electron chi connectivity index (χ3n) is 4.74. The summed E-state index contributed by atoms with van der Waals surface area (Å²) >= 11 is 0. The molecule has 30 heavy (non-hydrogen) atoms. The molecule has 1 aliphatic heterocycles. The first kappa shape index (κ1) is 22.2. The molecule has 1 fully saturated rings. The van der Waals surface area contributed by atoms with Crippen LogP contribution < -0.4 is 10.1 Å². The Morgan fingerprint density at radius 1 is 1.27 bits per heavy atom. The highest BCUT2D eigenvalue weighted by Gasteiger charge is 2.11. The van der Waals surface area contributed by atoms with Gasteiger partial charge in [0, 0.05) is 36.2 Å². The maximum Gasteiger partial charge on any atom is 0.232 e. The zero-order chi connectivity index (χ0) is 21.0. The molecule has 2 aromatic heterocycles. The van der Waals surface area contributed by atoms with Gasteiger partial charge in [-0.15, -0.1) is 0 Å². The van der Waals surface area contributed by atoms with Crippen LogP contribution >= 0.6 is 0 Å². The van der Waals surface area contributed by atoms with Gasteiger partial charge in [-0.05, 0) is 55.8 Å². The number of ether oxygens (including phenoxy) is 1. The van der Waals surface area contributed by atoms with E-state index in [0.717, 1.165) is 19.6 Å². The van der Waals surface area contributed by atoms with Crippen LogP contribution in [0, 0.1) is 0 Å². The van der Waals surface area contributed by atoms with Gasteiger partial charge in [-0.25, -0.2) is 4.98 Å². The standard InChI is InChI=1S/C22H29N3O4S/c26-21(18-30(27)17-20-7-6-14-28-20)23-9-2-5-13-29-22-15-19(8-10-24-22)16-25-11-3-1-4-12-25/h2,5-8,10,14-15H,1,3-4,9,11-13,16-18H2,(H,23,26)/b5-2+. The quantitative estimate of drug-likeness (QED) is 0.551. The Morgan fingerprint density at radius 2 is 2.13 bits per heavy atom. The van der Waals surface area contributed by atoms with E-state index in [-0.39, 0.29) is 17.4 Å². The van der Waals surface area contributed by atoms with Crippen molar-refractivity contribution in [3.05, 3.63) is 60.2 Å². The van der Waals surface area contributed by atoms with Crippen molar-refractivity contribution in [2.45, 2.75) is 31.6 Å². The Kier molecular flexibility index (Phi) is 9.11. The van der Waals surface area contributed by atoms with E-state index in [0.29, 0.717) is 24.8 Å². The van der Waals surface area contributed by atoms with E-state index < -0.39 is 10.8 Å². The van der Waals surface area contributed by atoms with Gasteiger partial charge in [-0.1, -0.05) is 12.5 Å². The van der Waals surface area contributed by atoms with Crippen LogP contribution in [-0.4, -0.2) is 52.0 Å². The van der Waals surface area contributed by atoms with Crippen molar-refractivity contribution < 1.29 is 18.2 Å². The molecule has 1 atom stereocenters. The fourth-order valence-corrected chi connectivity index (χ4v) is 4.24. The summed E-state index contributed by atoms with van der Waals surface area (Å²) in [5.74, 6) is 1.17. The number of pyridine rings is 1.